The molecule has 2 nitrogen and oxygen atoms in total. The number of benzene rings is 1. The predicted molar refractivity (Wildman–Crippen MR) is 68.8 cm³/mol. The average Bonchev–Trinajstić information content (AvgIpc) is 2.70. The normalized spacial score (nSPS) is 21.5. The Hall–Kier alpha value is -0.570. The summed E-state index contributed by atoms with van der Waals surface area (Å²) in [4.78, 5) is 2.50. The highest BCUT2D eigenvalue weighted by molar-refractivity contribution is 6.30. The minimum absolute atomic E-state index is 0.678. The zero-order valence-corrected chi connectivity index (χ0v) is 10.5. The molecule has 0 amide bonds. The lowest BCUT2D eigenvalue weighted by molar-refractivity contribution is 0.321. The van der Waals surface area contributed by atoms with E-state index >= 15 is 0 Å². The Morgan fingerprint density at radius 3 is 2.81 bits per heavy atom. The Kier molecular flexibility index (Phi) is 4.22. The van der Waals surface area contributed by atoms with Gasteiger partial charge in [0.1, 0.15) is 0 Å². The molecule has 0 spiro atoms. The fourth-order valence-corrected chi connectivity index (χ4v) is 2.41. The SMILES string of the molecule is CCNC1CCN(Cc2ccc(Cl)cc2)C1. The number of hydrogen-bond acceptors (Lipinski definition) is 2. The maximum absolute atomic E-state index is 5.87. The maximum atomic E-state index is 5.87. The van der Waals surface area contributed by atoms with E-state index in [-0.39, 0.29) is 0 Å². The van der Waals surface area contributed by atoms with Crippen LogP contribution in [0.4, 0.5) is 0 Å². The standard InChI is InChI=1S/C13H19ClN2/c1-2-15-13-7-8-16(10-13)9-11-3-5-12(14)6-4-11/h3-6,13,15H,2,7-10H2,1H3. The molecule has 1 aromatic rings. The molecule has 0 aromatic heterocycles. The molecule has 3 heteroatoms. The molecule has 1 aromatic carbocycles. The van der Waals surface area contributed by atoms with E-state index in [1.807, 2.05) is 12.1 Å². The fourth-order valence-electron chi connectivity index (χ4n) is 2.28. The van der Waals surface area contributed by atoms with Crippen molar-refractivity contribution in [3.8, 4) is 0 Å². The Bertz CT molecular complexity index is 323. The Morgan fingerprint density at radius 2 is 2.12 bits per heavy atom. The van der Waals surface area contributed by atoms with Crippen LogP contribution < -0.4 is 5.32 Å². The molecule has 1 saturated heterocycles. The van der Waals surface area contributed by atoms with Gasteiger partial charge >= 0.3 is 0 Å². The molecule has 0 radical (unpaired) electrons. The Labute approximate surface area is 103 Å². The number of nitrogens with zero attached hydrogens (tertiary/aromatic N) is 1. The van der Waals surface area contributed by atoms with Crippen LogP contribution in [-0.4, -0.2) is 30.6 Å². The zero-order chi connectivity index (χ0) is 11.4. The van der Waals surface area contributed by atoms with E-state index < -0.39 is 0 Å². The molecule has 88 valence electrons. The summed E-state index contributed by atoms with van der Waals surface area (Å²) < 4.78 is 0. The van der Waals surface area contributed by atoms with Crippen molar-refractivity contribution in [3.05, 3.63) is 34.9 Å². The lowest BCUT2D eigenvalue weighted by Crippen LogP contribution is -2.32. The molecule has 16 heavy (non-hydrogen) atoms. The van der Waals surface area contributed by atoms with Gasteiger partial charge in [-0.05, 0) is 30.7 Å². The van der Waals surface area contributed by atoms with Gasteiger partial charge in [-0.3, -0.25) is 4.90 Å². The van der Waals surface area contributed by atoms with E-state index in [1.165, 1.54) is 18.5 Å². The summed E-state index contributed by atoms with van der Waals surface area (Å²) in [7, 11) is 0. The first-order chi connectivity index (χ1) is 7.78. The van der Waals surface area contributed by atoms with E-state index in [0.717, 1.165) is 24.7 Å². The zero-order valence-electron chi connectivity index (χ0n) is 9.75. The van der Waals surface area contributed by atoms with Crippen LogP contribution in [0.3, 0.4) is 0 Å². The average molecular weight is 239 g/mol. The molecule has 1 aliphatic heterocycles. The predicted octanol–water partition coefficient (Wildman–Crippen LogP) is 2.52. The van der Waals surface area contributed by atoms with Crippen LogP contribution in [0.5, 0.6) is 0 Å². The van der Waals surface area contributed by atoms with E-state index in [0.29, 0.717) is 6.04 Å². The number of nitrogens with one attached hydrogen (secondary N) is 1. The van der Waals surface area contributed by atoms with Gasteiger partial charge in [-0.2, -0.15) is 0 Å². The number of halogens is 1. The summed E-state index contributed by atoms with van der Waals surface area (Å²) in [5.41, 5.74) is 1.35. The highest BCUT2D eigenvalue weighted by Crippen LogP contribution is 2.15. The third kappa shape index (κ3) is 3.21. The van der Waals surface area contributed by atoms with E-state index in [4.69, 9.17) is 11.6 Å². The van der Waals surface area contributed by atoms with Crippen LogP contribution in [0.25, 0.3) is 0 Å². The number of hydrogen-bond donors (Lipinski definition) is 1. The van der Waals surface area contributed by atoms with Gasteiger partial charge in [0.2, 0.25) is 0 Å². The van der Waals surface area contributed by atoms with Gasteiger partial charge in [0.25, 0.3) is 0 Å². The highest BCUT2D eigenvalue weighted by Gasteiger charge is 2.21. The fraction of sp³-hybridized carbons (Fsp3) is 0.538. The minimum Gasteiger partial charge on any atom is -0.313 e. The van der Waals surface area contributed by atoms with Crippen LogP contribution in [-0.2, 0) is 6.54 Å². The topological polar surface area (TPSA) is 15.3 Å². The van der Waals surface area contributed by atoms with Crippen LogP contribution in [0.15, 0.2) is 24.3 Å². The van der Waals surface area contributed by atoms with Crippen molar-refractivity contribution < 1.29 is 0 Å². The third-order valence-electron chi connectivity index (χ3n) is 3.08. The summed E-state index contributed by atoms with van der Waals surface area (Å²) in [5.74, 6) is 0. The molecule has 1 heterocycles. The molecule has 0 aliphatic carbocycles. The Balaban J connectivity index is 1.84. The van der Waals surface area contributed by atoms with Gasteiger partial charge in [0.05, 0.1) is 0 Å². The van der Waals surface area contributed by atoms with Crippen molar-refractivity contribution in [1.82, 2.24) is 10.2 Å². The van der Waals surface area contributed by atoms with Crippen LogP contribution >= 0.6 is 11.6 Å². The lowest BCUT2D eigenvalue weighted by atomic mass is 10.2. The second-order valence-electron chi connectivity index (χ2n) is 4.40. The molecule has 1 atom stereocenters. The van der Waals surface area contributed by atoms with Crippen molar-refractivity contribution in [1.29, 1.82) is 0 Å². The molecule has 2 rings (SSSR count). The monoisotopic (exact) mass is 238 g/mol. The number of rotatable bonds is 4. The summed E-state index contributed by atoms with van der Waals surface area (Å²) >= 11 is 5.87. The summed E-state index contributed by atoms with van der Waals surface area (Å²) in [6.45, 7) is 6.64. The molecular formula is C13H19ClN2. The summed E-state index contributed by atoms with van der Waals surface area (Å²) in [6.07, 6.45) is 1.27. The highest BCUT2D eigenvalue weighted by atomic mass is 35.5. The van der Waals surface area contributed by atoms with Gasteiger partial charge in [0, 0.05) is 30.7 Å². The van der Waals surface area contributed by atoms with Gasteiger partial charge in [-0.25, -0.2) is 0 Å². The first kappa shape index (κ1) is 11.9. The number of likely N-dealkylation sites (tertiary alicyclic amines) is 1. The van der Waals surface area contributed by atoms with E-state index in [1.54, 1.807) is 0 Å². The van der Waals surface area contributed by atoms with E-state index in [2.05, 4.69) is 29.3 Å². The van der Waals surface area contributed by atoms with Gasteiger partial charge in [-0.1, -0.05) is 30.7 Å². The largest absolute Gasteiger partial charge is 0.313 e. The smallest absolute Gasteiger partial charge is 0.0406 e. The lowest BCUT2D eigenvalue weighted by Gasteiger charge is -2.16. The molecule has 0 bridgehead atoms. The van der Waals surface area contributed by atoms with Gasteiger partial charge in [-0.15, -0.1) is 0 Å². The van der Waals surface area contributed by atoms with Gasteiger partial charge < -0.3 is 5.32 Å². The first-order valence-corrected chi connectivity index (χ1v) is 6.36. The summed E-state index contributed by atoms with van der Waals surface area (Å²) in [6, 6.07) is 8.84. The maximum Gasteiger partial charge on any atom is 0.0406 e. The molecular weight excluding hydrogens is 220 g/mol. The quantitative estimate of drug-likeness (QED) is 0.867. The van der Waals surface area contributed by atoms with Crippen molar-refractivity contribution in [2.24, 2.45) is 0 Å². The van der Waals surface area contributed by atoms with Crippen LogP contribution in [0, 0.1) is 0 Å². The third-order valence-corrected chi connectivity index (χ3v) is 3.34. The molecule has 1 aliphatic rings. The van der Waals surface area contributed by atoms with Crippen molar-refractivity contribution in [2.45, 2.75) is 25.9 Å². The van der Waals surface area contributed by atoms with Crippen molar-refractivity contribution in [3.63, 3.8) is 0 Å². The minimum atomic E-state index is 0.678. The molecule has 0 saturated carbocycles. The molecule has 1 unspecified atom stereocenters. The van der Waals surface area contributed by atoms with Crippen molar-refractivity contribution in [2.75, 3.05) is 19.6 Å². The second-order valence-corrected chi connectivity index (χ2v) is 4.84. The van der Waals surface area contributed by atoms with Gasteiger partial charge in [0.15, 0.2) is 0 Å². The molecule has 1 fully saturated rings. The van der Waals surface area contributed by atoms with Crippen LogP contribution in [0.2, 0.25) is 5.02 Å². The second kappa shape index (κ2) is 5.67. The Morgan fingerprint density at radius 1 is 1.38 bits per heavy atom. The van der Waals surface area contributed by atoms with Crippen molar-refractivity contribution >= 4 is 11.6 Å². The van der Waals surface area contributed by atoms with Crippen LogP contribution in [0.1, 0.15) is 18.9 Å². The number of likely N-dealkylation sites (N-methyl/N-ethyl adjacent to an activating group) is 1. The van der Waals surface area contributed by atoms with E-state index in [9.17, 15) is 0 Å². The summed E-state index contributed by atoms with van der Waals surface area (Å²) in [5, 5.41) is 4.32. The first-order valence-electron chi connectivity index (χ1n) is 5.98. The molecule has 1 N–H and O–H groups in total.